The summed E-state index contributed by atoms with van der Waals surface area (Å²) in [6, 6.07) is 14.0. The van der Waals surface area contributed by atoms with Crippen LogP contribution in [0.5, 0.6) is 0 Å². The van der Waals surface area contributed by atoms with Crippen molar-refractivity contribution in [2.75, 3.05) is 11.9 Å². The summed E-state index contributed by atoms with van der Waals surface area (Å²) in [5.74, 6) is -0.0230. The summed E-state index contributed by atoms with van der Waals surface area (Å²) in [5.41, 5.74) is 0.778. The summed E-state index contributed by atoms with van der Waals surface area (Å²) in [7, 11) is 0. The van der Waals surface area contributed by atoms with Crippen LogP contribution >= 0.6 is 0 Å². The fourth-order valence-corrected chi connectivity index (χ4v) is 1.82. The highest BCUT2D eigenvalue weighted by molar-refractivity contribution is 5.95. The second-order valence-electron chi connectivity index (χ2n) is 5.71. The van der Waals surface area contributed by atoms with Gasteiger partial charge in [0.05, 0.1) is 6.54 Å². The number of fused-ring (bicyclic) bond motifs is 1. The third-order valence-corrected chi connectivity index (χ3v) is 2.81. The van der Waals surface area contributed by atoms with E-state index in [9.17, 15) is 4.79 Å². The lowest BCUT2D eigenvalue weighted by Crippen LogP contribution is -2.41. The van der Waals surface area contributed by atoms with E-state index in [1.54, 1.807) is 0 Å². The summed E-state index contributed by atoms with van der Waals surface area (Å²) >= 11 is 0. The molecule has 100 valence electrons. The maximum absolute atomic E-state index is 11.8. The summed E-state index contributed by atoms with van der Waals surface area (Å²) in [5, 5.41) is 8.38. The van der Waals surface area contributed by atoms with Gasteiger partial charge in [-0.05, 0) is 43.7 Å². The largest absolute Gasteiger partial charge is 0.325 e. The summed E-state index contributed by atoms with van der Waals surface area (Å²) in [4.78, 5) is 11.8. The van der Waals surface area contributed by atoms with E-state index in [2.05, 4.69) is 16.7 Å². The molecule has 0 aliphatic heterocycles. The normalized spacial score (nSPS) is 11.5. The molecule has 2 N–H and O–H groups in total. The number of amides is 1. The van der Waals surface area contributed by atoms with Gasteiger partial charge in [-0.25, -0.2) is 0 Å². The van der Waals surface area contributed by atoms with Gasteiger partial charge in [-0.2, -0.15) is 0 Å². The van der Waals surface area contributed by atoms with E-state index >= 15 is 0 Å². The molecule has 0 unspecified atom stereocenters. The second kappa shape index (κ2) is 5.41. The Morgan fingerprint density at radius 2 is 1.74 bits per heavy atom. The molecule has 0 aliphatic rings. The first kappa shape index (κ1) is 13.6. The van der Waals surface area contributed by atoms with Crippen LogP contribution in [0.3, 0.4) is 0 Å². The molecule has 1 amide bonds. The molecule has 19 heavy (non-hydrogen) atoms. The number of hydrogen-bond donors (Lipinski definition) is 2. The maximum atomic E-state index is 11.8. The van der Waals surface area contributed by atoms with E-state index in [0.29, 0.717) is 6.54 Å². The Kier molecular flexibility index (Phi) is 3.86. The summed E-state index contributed by atoms with van der Waals surface area (Å²) in [6.45, 7) is 6.43. The third kappa shape index (κ3) is 4.07. The zero-order valence-electron chi connectivity index (χ0n) is 11.7. The maximum Gasteiger partial charge on any atom is 0.238 e. The van der Waals surface area contributed by atoms with Gasteiger partial charge in [-0.3, -0.25) is 4.79 Å². The van der Waals surface area contributed by atoms with E-state index in [1.807, 2.05) is 57.2 Å². The zero-order chi connectivity index (χ0) is 13.9. The molecule has 0 atom stereocenters. The summed E-state index contributed by atoms with van der Waals surface area (Å²) < 4.78 is 0. The molecule has 0 heterocycles. The smallest absolute Gasteiger partial charge is 0.238 e. The first-order valence-electron chi connectivity index (χ1n) is 6.48. The molecule has 3 heteroatoms. The Hall–Kier alpha value is -1.87. The number of carbonyl (C=O) groups is 1. The highest BCUT2D eigenvalue weighted by Crippen LogP contribution is 2.18. The van der Waals surface area contributed by atoms with Crippen molar-refractivity contribution in [2.24, 2.45) is 0 Å². The van der Waals surface area contributed by atoms with Gasteiger partial charge < -0.3 is 10.6 Å². The van der Waals surface area contributed by atoms with Gasteiger partial charge in [0.2, 0.25) is 5.91 Å². The van der Waals surface area contributed by atoms with E-state index in [4.69, 9.17) is 0 Å². The lowest BCUT2D eigenvalue weighted by molar-refractivity contribution is -0.115. The van der Waals surface area contributed by atoms with Gasteiger partial charge in [0.1, 0.15) is 0 Å². The highest BCUT2D eigenvalue weighted by Gasteiger charge is 2.11. The van der Waals surface area contributed by atoms with Crippen molar-refractivity contribution in [3.63, 3.8) is 0 Å². The predicted molar refractivity (Wildman–Crippen MR) is 80.3 cm³/mol. The Balaban J connectivity index is 2.03. The van der Waals surface area contributed by atoms with Gasteiger partial charge in [0.25, 0.3) is 0 Å². The van der Waals surface area contributed by atoms with Crippen LogP contribution in [-0.2, 0) is 4.79 Å². The van der Waals surface area contributed by atoms with E-state index < -0.39 is 0 Å². The quantitative estimate of drug-likeness (QED) is 0.885. The van der Waals surface area contributed by atoms with Crippen LogP contribution in [0.2, 0.25) is 0 Å². The van der Waals surface area contributed by atoms with Crippen molar-refractivity contribution in [3.05, 3.63) is 42.5 Å². The minimum atomic E-state index is -0.0548. The fourth-order valence-electron chi connectivity index (χ4n) is 1.82. The number of benzene rings is 2. The topological polar surface area (TPSA) is 41.1 Å². The Bertz CT molecular complexity index is 585. The second-order valence-corrected chi connectivity index (χ2v) is 5.71. The molecular weight excluding hydrogens is 236 g/mol. The molecular formula is C16H20N2O. The molecule has 3 nitrogen and oxygen atoms in total. The monoisotopic (exact) mass is 256 g/mol. The van der Waals surface area contributed by atoms with Crippen molar-refractivity contribution >= 4 is 22.4 Å². The van der Waals surface area contributed by atoms with Gasteiger partial charge >= 0.3 is 0 Å². The number of anilines is 1. The molecule has 2 aromatic rings. The molecule has 0 fully saturated rings. The van der Waals surface area contributed by atoms with Crippen LogP contribution in [-0.4, -0.2) is 18.0 Å². The van der Waals surface area contributed by atoms with Crippen molar-refractivity contribution in [2.45, 2.75) is 26.3 Å². The Morgan fingerprint density at radius 3 is 2.42 bits per heavy atom. The molecule has 0 radical (unpaired) electrons. The van der Waals surface area contributed by atoms with Gasteiger partial charge in [-0.15, -0.1) is 0 Å². The van der Waals surface area contributed by atoms with Crippen LogP contribution in [0.15, 0.2) is 42.5 Å². The lowest BCUT2D eigenvalue weighted by atomic mass is 10.1. The number of rotatable bonds is 3. The standard InChI is InChI=1S/C16H20N2O/c1-16(2,3)17-11-15(19)18-14-9-8-12-6-4-5-7-13(12)10-14/h4-10,17H,11H2,1-3H3,(H,18,19). The molecule has 0 aromatic heterocycles. The number of hydrogen-bond acceptors (Lipinski definition) is 2. The van der Waals surface area contributed by atoms with Crippen LogP contribution in [0, 0.1) is 0 Å². The molecule has 0 aliphatic carbocycles. The molecule has 2 aromatic carbocycles. The average Bonchev–Trinajstić information content (AvgIpc) is 2.35. The minimum absolute atomic E-state index is 0.0230. The van der Waals surface area contributed by atoms with Crippen LogP contribution < -0.4 is 10.6 Å². The van der Waals surface area contributed by atoms with Crippen LogP contribution in [0.1, 0.15) is 20.8 Å². The van der Waals surface area contributed by atoms with Gasteiger partial charge in [0, 0.05) is 11.2 Å². The van der Waals surface area contributed by atoms with Gasteiger partial charge in [0.15, 0.2) is 0 Å². The Morgan fingerprint density at radius 1 is 1.05 bits per heavy atom. The van der Waals surface area contributed by atoms with E-state index in [-0.39, 0.29) is 11.4 Å². The van der Waals surface area contributed by atoms with Crippen molar-refractivity contribution < 1.29 is 4.79 Å². The first-order chi connectivity index (χ1) is 8.94. The zero-order valence-corrected chi connectivity index (χ0v) is 11.7. The van der Waals surface area contributed by atoms with Crippen molar-refractivity contribution in [1.82, 2.24) is 5.32 Å². The first-order valence-corrected chi connectivity index (χ1v) is 6.48. The number of nitrogens with one attached hydrogen (secondary N) is 2. The molecule has 0 spiro atoms. The summed E-state index contributed by atoms with van der Waals surface area (Å²) in [6.07, 6.45) is 0. The number of carbonyl (C=O) groups excluding carboxylic acids is 1. The molecule has 0 saturated heterocycles. The van der Waals surface area contributed by atoms with Crippen molar-refractivity contribution in [1.29, 1.82) is 0 Å². The average molecular weight is 256 g/mol. The minimum Gasteiger partial charge on any atom is -0.325 e. The lowest BCUT2D eigenvalue weighted by Gasteiger charge is -2.20. The SMILES string of the molecule is CC(C)(C)NCC(=O)Nc1ccc2ccccc2c1. The van der Waals surface area contributed by atoms with Crippen LogP contribution in [0.25, 0.3) is 10.8 Å². The van der Waals surface area contributed by atoms with E-state index in [0.717, 1.165) is 11.1 Å². The highest BCUT2D eigenvalue weighted by atomic mass is 16.1. The molecule has 0 bridgehead atoms. The molecule has 2 rings (SSSR count). The third-order valence-electron chi connectivity index (χ3n) is 2.81. The van der Waals surface area contributed by atoms with Crippen LogP contribution in [0.4, 0.5) is 5.69 Å². The molecule has 0 saturated carbocycles. The predicted octanol–water partition coefficient (Wildman–Crippen LogP) is 3.17. The van der Waals surface area contributed by atoms with Gasteiger partial charge in [-0.1, -0.05) is 30.3 Å². The van der Waals surface area contributed by atoms with Crippen molar-refractivity contribution in [3.8, 4) is 0 Å². The van der Waals surface area contributed by atoms with E-state index in [1.165, 1.54) is 5.39 Å². The Labute approximate surface area is 114 Å². The fraction of sp³-hybridized carbons (Fsp3) is 0.312.